The molecule has 12 nitrogen and oxygen atoms in total. The van der Waals surface area contributed by atoms with Crippen LogP contribution in [0.1, 0.15) is 13.8 Å². The Balaban J connectivity index is 2.44. The molecule has 2 aliphatic rings. The van der Waals surface area contributed by atoms with Gasteiger partial charge in [0.2, 0.25) is 0 Å². The van der Waals surface area contributed by atoms with Gasteiger partial charge in [-0.1, -0.05) is 0 Å². The standard InChI is InChI=1S/C15H23NO11S2/c1-5-23-14(17)9(15(18)24-6-2)7-16-10-8-25-13(16)12(27-29(4,21)22)11(10)26-28(3,19)20/h7,10-13H,5-6,8H2,1-4H3/t10-,11-,12+,13+/m0/s1. The molecule has 0 N–H and O–H groups in total. The van der Waals surface area contributed by atoms with Gasteiger partial charge in [0.15, 0.2) is 17.9 Å². The second kappa shape index (κ2) is 8.95. The Hall–Kier alpha value is -1.74. The van der Waals surface area contributed by atoms with Crippen molar-refractivity contribution >= 4 is 32.2 Å². The Kier molecular flexibility index (Phi) is 7.27. The van der Waals surface area contributed by atoms with Crippen LogP contribution in [0.2, 0.25) is 0 Å². The summed E-state index contributed by atoms with van der Waals surface area (Å²) < 4.78 is 71.7. The molecule has 14 heteroatoms. The van der Waals surface area contributed by atoms with E-state index in [-0.39, 0.29) is 19.8 Å². The van der Waals surface area contributed by atoms with Crippen LogP contribution in [-0.4, -0.2) is 90.5 Å². The van der Waals surface area contributed by atoms with Crippen molar-refractivity contribution in [3.63, 3.8) is 0 Å². The van der Waals surface area contributed by atoms with E-state index in [1.165, 1.54) is 4.90 Å². The number of esters is 2. The molecule has 29 heavy (non-hydrogen) atoms. The molecule has 0 amide bonds. The van der Waals surface area contributed by atoms with Gasteiger partial charge in [-0.2, -0.15) is 16.8 Å². The van der Waals surface area contributed by atoms with Crippen molar-refractivity contribution < 1.29 is 49.0 Å². The molecular weight excluding hydrogens is 434 g/mol. The Morgan fingerprint density at radius 3 is 1.90 bits per heavy atom. The minimum Gasteiger partial charge on any atom is -0.462 e. The van der Waals surface area contributed by atoms with E-state index < -0.39 is 62.2 Å². The molecule has 0 saturated carbocycles. The molecule has 2 saturated heterocycles. The van der Waals surface area contributed by atoms with Gasteiger partial charge in [-0.25, -0.2) is 9.59 Å². The third-order valence-corrected chi connectivity index (χ3v) is 5.08. The zero-order valence-electron chi connectivity index (χ0n) is 16.3. The molecule has 0 unspecified atom stereocenters. The molecule has 0 aliphatic carbocycles. The van der Waals surface area contributed by atoms with E-state index in [1.54, 1.807) is 13.8 Å². The Morgan fingerprint density at radius 1 is 0.966 bits per heavy atom. The van der Waals surface area contributed by atoms with Gasteiger partial charge in [0, 0.05) is 6.20 Å². The lowest BCUT2D eigenvalue weighted by atomic mass is 10.1. The molecule has 2 heterocycles. The second-order valence-corrected chi connectivity index (χ2v) is 9.45. The first-order valence-electron chi connectivity index (χ1n) is 8.59. The summed E-state index contributed by atoms with van der Waals surface area (Å²) in [6.07, 6.45) is -1.04. The van der Waals surface area contributed by atoms with Crippen LogP contribution >= 0.6 is 0 Å². The lowest BCUT2D eigenvalue weighted by molar-refractivity contribution is -0.146. The molecule has 2 rings (SSSR count). The minimum absolute atomic E-state index is 0.00142. The zero-order valence-corrected chi connectivity index (χ0v) is 17.9. The molecule has 2 aliphatic heterocycles. The van der Waals surface area contributed by atoms with Crippen LogP contribution in [0.15, 0.2) is 11.8 Å². The summed E-state index contributed by atoms with van der Waals surface area (Å²) in [4.78, 5) is 25.7. The maximum atomic E-state index is 12.2. The third-order valence-electron chi connectivity index (χ3n) is 3.94. The highest BCUT2D eigenvalue weighted by molar-refractivity contribution is 7.86. The van der Waals surface area contributed by atoms with Crippen LogP contribution in [0.4, 0.5) is 0 Å². The number of rotatable bonds is 9. The van der Waals surface area contributed by atoms with E-state index in [1.807, 2.05) is 0 Å². The Bertz CT molecular complexity index is 812. The van der Waals surface area contributed by atoms with Crippen molar-refractivity contribution in [2.45, 2.75) is 38.3 Å². The Morgan fingerprint density at radius 2 is 1.45 bits per heavy atom. The molecule has 166 valence electrons. The van der Waals surface area contributed by atoms with Crippen molar-refractivity contribution in [3.8, 4) is 0 Å². The highest BCUT2D eigenvalue weighted by Gasteiger charge is 2.58. The van der Waals surface area contributed by atoms with Crippen LogP contribution in [0.25, 0.3) is 0 Å². The summed E-state index contributed by atoms with van der Waals surface area (Å²) in [6, 6.07) is -0.847. The number of hydrogen-bond acceptors (Lipinski definition) is 12. The zero-order chi connectivity index (χ0) is 22.0. The van der Waals surface area contributed by atoms with E-state index in [0.717, 1.165) is 18.7 Å². The number of carbonyl (C=O) groups excluding carboxylic acids is 2. The predicted octanol–water partition coefficient (Wildman–Crippen LogP) is -1.27. The SMILES string of the molecule is CCOC(=O)C(=CN1[C@@H]2OC[C@H]1[C@H](OS(C)(=O)=O)[C@H]2OS(C)(=O)=O)C(=O)OCC. The number of nitrogens with zero attached hydrogens (tertiary/aromatic N) is 1. The summed E-state index contributed by atoms with van der Waals surface area (Å²) in [7, 11) is -7.99. The first-order valence-corrected chi connectivity index (χ1v) is 12.2. The monoisotopic (exact) mass is 457 g/mol. The molecule has 2 bridgehead atoms. The van der Waals surface area contributed by atoms with E-state index >= 15 is 0 Å². The van der Waals surface area contributed by atoms with Gasteiger partial charge in [-0.15, -0.1) is 0 Å². The van der Waals surface area contributed by atoms with Crippen molar-refractivity contribution in [1.29, 1.82) is 0 Å². The molecule has 0 aromatic carbocycles. The van der Waals surface area contributed by atoms with E-state index in [4.69, 9.17) is 22.6 Å². The fourth-order valence-electron chi connectivity index (χ4n) is 3.02. The average Bonchev–Trinajstić information content (AvgIpc) is 3.06. The van der Waals surface area contributed by atoms with Gasteiger partial charge in [0.25, 0.3) is 20.2 Å². The first kappa shape index (κ1) is 23.5. The number of hydrogen-bond donors (Lipinski definition) is 0. The van der Waals surface area contributed by atoms with Crippen LogP contribution in [0.5, 0.6) is 0 Å². The molecule has 0 aromatic heterocycles. The summed E-state index contributed by atoms with van der Waals surface area (Å²) in [6.45, 7) is 3.05. The molecular formula is C15H23NO11S2. The summed E-state index contributed by atoms with van der Waals surface area (Å²) in [5.74, 6) is -1.92. The highest BCUT2D eigenvalue weighted by atomic mass is 32.2. The number of carbonyl (C=O) groups is 2. The molecule has 0 spiro atoms. The van der Waals surface area contributed by atoms with Gasteiger partial charge >= 0.3 is 11.9 Å². The maximum absolute atomic E-state index is 12.2. The van der Waals surface area contributed by atoms with Crippen LogP contribution in [0, 0.1) is 0 Å². The Labute approximate surface area is 168 Å². The van der Waals surface area contributed by atoms with E-state index in [2.05, 4.69) is 0 Å². The largest absolute Gasteiger partial charge is 0.462 e. The van der Waals surface area contributed by atoms with Crippen LogP contribution in [-0.2, 0) is 52.4 Å². The lowest BCUT2D eigenvalue weighted by Gasteiger charge is -2.26. The van der Waals surface area contributed by atoms with Gasteiger partial charge in [-0.3, -0.25) is 8.37 Å². The number of ether oxygens (including phenoxy) is 3. The van der Waals surface area contributed by atoms with Gasteiger partial charge in [0.1, 0.15) is 6.10 Å². The van der Waals surface area contributed by atoms with E-state index in [9.17, 15) is 26.4 Å². The second-order valence-electron chi connectivity index (χ2n) is 6.25. The molecule has 0 aromatic rings. The van der Waals surface area contributed by atoms with Crippen molar-refractivity contribution in [2.24, 2.45) is 0 Å². The smallest absolute Gasteiger partial charge is 0.347 e. The summed E-state index contributed by atoms with van der Waals surface area (Å²) in [5, 5.41) is 0. The third kappa shape index (κ3) is 5.88. The fourth-order valence-corrected chi connectivity index (χ4v) is 4.27. The van der Waals surface area contributed by atoms with Crippen LogP contribution < -0.4 is 0 Å². The van der Waals surface area contributed by atoms with Gasteiger partial charge < -0.3 is 19.1 Å². The van der Waals surface area contributed by atoms with Gasteiger partial charge in [0.05, 0.1) is 38.4 Å². The number of fused-ring (bicyclic) bond motifs is 2. The topological polar surface area (TPSA) is 152 Å². The van der Waals surface area contributed by atoms with Gasteiger partial charge in [-0.05, 0) is 13.8 Å². The van der Waals surface area contributed by atoms with Crippen molar-refractivity contribution in [2.75, 3.05) is 32.3 Å². The predicted molar refractivity (Wildman–Crippen MR) is 96.1 cm³/mol. The fraction of sp³-hybridized carbons (Fsp3) is 0.733. The maximum Gasteiger partial charge on any atom is 0.347 e. The van der Waals surface area contributed by atoms with Crippen LogP contribution in [0.3, 0.4) is 0 Å². The molecule has 0 radical (unpaired) electrons. The van der Waals surface area contributed by atoms with E-state index in [0.29, 0.717) is 0 Å². The average molecular weight is 457 g/mol. The highest BCUT2D eigenvalue weighted by Crippen LogP contribution is 2.38. The van der Waals surface area contributed by atoms with Crippen molar-refractivity contribution in [3.05, 3.63) is 11.8 Å². The summed E-state index contributed by atoms with van der Waals surface area (Å²) >= 11 is 0. The normalized spacial score (nSPS) is 26.3. The quantitative estimate of drug-likeness (QED) is 0.133. The minimum atomic E-state index is -4.01. The van der Waals surface area contributed by atoms with Crippen molar-refractivity contribution in [1.82, 2.24) is 4.90 Å². The lowest BCUT2D eigenvalue weighted by Crippen LogP contribution is -2.45. The molecule has 2 fully saturated rings. The molecule has 4 atom stereocenters. The summed E-state index contributed by atoms with van der Waals surface area (Å²) in [5.41, 5.74) is -0.465. The first-order chi connectivity index (χ1) is 13.4.